The monoisotopic (exact) mass is 278 g/mol. The lowest BCUT2D eigenvalue weighted by atomic mass is 10.2. The summed E-state index contributed by atoms with van der Waals surface area (Å²) in [5.41, 5.74) is 5.62. The molecule has 0 aromatic heterocycles. The van der Waals surface area contributed by atoms with Gasteiger partial charge in [-0.25, -0.2) is 8.42 Å². The highest BCUT2D eigenvalue weighted by atomic mass is 32.2. The minimum absolute atomic E-state index is 0.0144. The van der Waals surface area contributed by atoms with Gasteiger partial charge in [-0.2, -0.15) is 0 Å². The van der Waals surface area contributed by atoms with Gasteiger partial charge in [0.15, 0.2) is 0 Å². The van der Waals surface area contributed by atoms with Gasteiger partial charge in [-0.3, -0.25) is 9.59 Å². The predicted molar refractivity (Wildman–Crippen MR) is 64.7 cm³/mol. The van der Waals surface area contributed by atoms with Crippen LogP contribution < -0.4 is 5.73 Å². The molecule has 0 spiro atoms. The van der Waals surface area contributed by atoms with Gasteiger partial charge in [0, 0.05) is 12.3 Å². The molecule has 0 saturated heterocycles. The van der Waals surface area contributed by atoms with Crippen LogP contribution in [0.3, 0.4) is 0 Å². The van der Waals surface area contributed by atoms with E-state index in [0.29, 0.717) is 0 Å². The number of sulfone groups is 1. The van der Waals surface area contributed by atoms with Gasteiger partial charge in [0.25, 0.3) is 0 Å². The van der Waals surface area contributed by atoms with Crippen molar-refractivity contribution in [1.82, 2.24) is 4.90 Å². The van der Waals surface area contributed by atoms with Crippen LogP contribution in [0, 0.1) is 0 Å². The molecule has 0 aromatic rings. The number of rotatable bonds is 7. The second-order valence-electron chi connectivity index (χ2n) is 4.62. The van der Waals surface area contributed by atoms with Crippen molar-refractivity contribution in [3.63, 3.8) is 0 Å². The lowest BCUT2D eigenvalue weighted by molar-refractivity contribution is -0.145. The van der Waals surface area contributed by atoms with Crippen LogP contribution >= 0.6 is 0 Å². The Bertz CT molecular complexity index is 430. The average molecular weight is 278 g/mol. The van der Waals surface area contributed by atoms with Crippen molar-refractivity contribution in [2.75, 3.05) is 18.6 Å². The first-order valence-electron chi connectivity index (χ1n) is 5.66. The Hall–Kier alpha value is -1.15. The molecule has 0 aromatic carbocycles. The molecule has 1 rings (SSSR count). The van der Waals surface area contributed by atoms with E-state index in [1.165, 1.54) is 4.90 Å². The quantitative estimate of drug-likeness (QED) is 0.605. The number of amides is 1. The molecule has 1 amide bonds. The van der Waals surface area contributed by atoms with Gasteiger partial charge < -0.3 is 15.7 Å². The molecule has 1 saturated carbocycles. The summed E-state index contributed by atoms with van der Waals surface area (Å²) in [6.45, 7) is -0.379. The van der Waals surface area contributed by atoms with E-state index in [1.54, 1.807) is 0 Å². The molecule has 1 fully saturated rings. The summed E-state index contributed by atoms with van der Waals surface area (Å²) in [6, 6.07) is -1.02. The largest absolute Gasteiger partial charge is 0.480 e. The van der Waals surface area contributed by atoms with Crippen molar-refractivity contribution in [3.05, 3.63) is 0 Å². The Labute approximate surface area is 106 Å². The predicted octanol–water partition coefficient (Wildman–Crippen LogP) is -1.18. The smallest absolute Gasteiger partial charge is 0.323 e. The molecule has 7 nitrogen and oxygen atoms in total. The third-order valence-electron chi connectivity index (χ3n) is 2.69. The zero-order valence-corrected chi connectivity index (χ0v) is 11.0. The van der Waals surface area contributed by atoms with Gasteiger partial charge in [-0.05, 0) is 19.3 Å². The number of carbonyl (C=O) groups is 2. The lowest BCUT2D eigenvalue weighted by Crippen LogP contribution is -2.47. The molecule has 1 aliphatic carbocycles. The summed E-state index contributed by atoms with van der Waals surface area (Å²) in [6.07, 6.45) is 2.64. The summed E-state index contributed by atoms with van der Waals surface area (Å²) in [7, 11) is -3.17. The number of carbonyl (C=O) groups excluding carboxylic acids is 1. The zero-order chi connectivity index (χ0) is 13.9. The molecular weight excluding hydrogens is 260 g/mol. The van der Waals surface area contributed by atoms with Gasteiger partial charge in [-0.1, -0.05) is 0 Å². The molecule has 1 unspecified atom stereocenters. The highest BCUT2D eigenvalue weighted by molar-refractivity contribution is 7.90. The molecule has 1 atom stereocenters. The molecule has 8 heteroatoms. The van der Waals surface area contributed by atoms with E-state index in [4.69, 9.17) is 10.8 Å². The minimum Gasteiger partial charge on any atom is -0.480 e. The summed E-state index contributed by atoms with van der Waals surface area (Å²) < 4.78 is 22.0. The Kier molecular flexibility index (Phi) is 4.69. The number of carboxylic acids is 1. The number of carboxylic acid groups (broad SMARTS) is 1. The van der Waals surface area contributed by atoms with Crippen molar-refractivity contribution in [2.24, 2.45) is 5.73 Å². The van der Waals surface area contributed by atoms with Crippen LogP contribution in [0.4, 0.5) is 0 Å². The summed E-state index contributed by atoms with van der Waals surface area (Å²) in [4.78, 5) is 23.8. The molecular formula is C10H18N2O5S. The molecule has 3 N–H and O–H groups in total. The first-order valence-corrected chi connectivity index (χ1v) is 7.72. The van der Waals surface area contributed by atoms with Gasteiger partial charge in [-0.15, -0.1) is 0 Å². The Morgan fingerprint density at radius 1 is 1.44 bits per heavy atom. The van der Waals surface area contributed by atoms with Crippen molar-refractivity contribution in [1.29, 1.82) is 0 Å². The van der Waals surface area contributed by atoms with Crippen molar-refractivity contribution < 1.29 is 23.1 Å². The fourth-order valence-electron chi connectivity index (χ4n) is 1.60. The highest BCUT2D eigenvalue weighted by Gasteiger charge is 2.35. The van der Waals surface area contributed by atoms with E-state index >= 15 is 0 Å². The maximum Gasteiger partial charge on any atom is 0.323 e. The second-order valence-corrected chi connectivity index (χ2v) is 6.88. The van der Waals surface area contributed by atoms with Crippen molar-refractivity contribution >= 4 is 21.7 Å². The third kappa shape index (κ3) is 5.01. The molecule has 0 radical (unpaired) electrons. The van der Waals surface area contributed by atoms with Gasteiger partial charge in [0.1, 0.15) is 16.4 Å². The van der Waals surface area contributed by atoms with Gasteiger partial charge >= 0.3 is 5.97 Å². The summed E-state index contributed by atoms with van der Waals surface area (Å²) >= 11 is 0. The number of aliphatic carboxylic acids is 1. The molecule has 0 heterocycles. The molecule has 0 bridgehead atoms. The van der Waals surface area contributed by atoms with E-state index in [1.807, 2.05) is 0 Å². The number of hydrogen-bond acceptors (Lipinski definition) is 5. The fourth-order valence-corrected chi connectivity index (χ4v) is 2.28. The molecule has 104 valence electrons. The maximum atomic E-state index is 11.9. The fraction of sp³-hybridized carbons (Fsp3) is 0.800. The summed E-state index contributed by atoms with van der Waals surface area (Å²) in [5.74, 6) is -1.75. The Morgan fingerprint density at radius 2 is 2.00 bits per heavy atom. The number of hydrogen-bond donors (Lipinski definition) is 2. The maximum absolute atomic E-state index is 11.9. The Balaban J connectivity index is 2.56. The molecule has 0 aliphatic heterocycles. The number of nitrogens with two attached hydrogens (primary N) is 1. The average Bonchev–Trinajstić information content (AvgIpc) is 3.04. The van der Waals surface area contributed by atoms with Gasteiger partial charge in [0.2, 0.25) is 5.91 Å². The van der Waals surface area contributed by atoms with E-state index in [-0.39, 0.29) is 24.8 Å². The van der Waals surface area contributed by atoms with Crippen LogP contribution in [-0.2, 0) is 19.4 Å². The van der Waals surface area contributed by atoms with Crippen LogP contribution in [0.25, 0.3) is 0 Å². The van der Waals surface area contributed by atoms with Crippen molar-refractivity contribution in [2.45, 2.75) is 31.3 Å². The number of nitrogens with zero attached hydrogens (tertiary/aromatic N) is 1. The molecule has 18 heavy (non-hydrogen) atoms. The van der Waals surface area contributed by atoms with Crippen LogP contribution in [0.1, 0.15) is 19.3 Å². The van der Waals surface area contributed by atoms with Crippen LogP contribution in [-0.4, -0.2) is 60.9 Å². The standard InChI is InChI=1S/C10H18N2O5S/c1-18(16,17)5-4-8(11)10(15)12(6-9(13)14)7-2-3-7/h7-8H,2-6,11H2,1H3,(H,13,14). The van der Waals surface area contributed by atoms with Crippen LogP contribution in [0.2, 0.25) is 0 Å². The van der Waals surface area contributed by atoms with Crippen LogP contribution in [0.5, 0.6) is 0 Å². The van der Waals surface area contributed by atoms with E-state index in [2.05, 4.69) is 0 Å². The first kappa shape index (κ1) is 14.9. The Morgan fingerprint density at radius 3 is 2.39 bits per heavy atom. The van der Waals surface area contributed by atoms with E-state index in [0.717, 1.165) is 19.1 Å². The lowest BCUT2D eigenvalue weighted by Gasteiger charge is -2.23. The second kappa shape index (κ2) is 5.66. The van der Waals surface area contributed by atoms with E-state index in [9.17, 15) is 18.0 Å². The molecule has 1 aliphatic rings. The normalized spacial score (nSPS) is 17.2. The minimum atomic E-state index is -3.17. The third-order valence-corrected chi connectivity index (χ3v) is 3.67. The van der Waals surface area contributed by atoms with E-state index < -0.39 is 27.8 Å². The van der Waals surface area contributed by atoms with Crippen LogP contribution in [0.15, 0.2) is 0 Å². The zero-order valence-electron chi connectivity index (χ0n) is 10.2. The topological polar surface area (TPSA) is 118 Å². The van der Waals surface area contributed by atoms with Crippen molar-refractivity contribution in [3.8, 4) is 0 Å². The SMILES string of the molecule is CS(=O)(=O)CCC(N)C(=O)N(CC(=O)O)C1CC1. The first-order chi connectivity index (χ1) is 8.20. The van der Waals surface area contributed by atoms with Gasteiger partial charge in [0.05, 0.1) is 11.8 Å². The summed E-state index contributed by atoms with van der Waals surface area (Å²) in [5, 5.41) is 8.72. The highest BCUT2D eigenvalue weighted by Crippen LogP contribution is 2.27.